The fourth-order valence-electron chi connectivity index (χ4n) is 2.96. The van der Waals surface area contributed by atoms with Gasteiger partial charge >= 0.3 is 0 Å². The van der Waals surface area contributed by atoms with Gasteiger partial charge in [-0.05, 0) is 30.4 Å². The number of carbonyl (C=O) groups excluding carboxylic acids is 2. The van der Waals surface area contributed by atoms with Crippen molar-refractivity contribution in [3.8, 4) is 0 Å². The molecule has 1 aromatic heterocycles. The number of carbonyl (C=O) groups is 2. The second kappa shape index (κ2) is 4.64. The van der Waals surface area contributed by atoms with Gasteiger partial charge in [-0.3, -0.25) is 14.6 Å². The van der Waals surface area contributed by atoms with Crippen LogP contribution in [0.5, 0.6) is 0 Å². The lowest BCUT2D eigenvalue weighted by atomic mass is 9.77. The van der Waals surface area contributed by atoms with Gasteiger partial charge in [0.25, 0.3) is 5.91 Å². The number of hydrogen-bond donors (Lipinski definition) is 1. The fourth-order valence-corrected chi connectivity index (χ4v) is 2.96. The smallest absolute Gasteiger partial charge is 0.255 e. The zero-order valence-electron chi connectivity index (χ0n) is 10.8. The molecule has 0 bridgehead atoms. The molecule has 0 atom stereocenters. The molecule has 1 aromatic rings. The summed E-state index contributed by atoms with van der Waals surface area (Å²) in [5, 5.41) is 2.90. The third kappa shape index (κ3) is 2.32. The molecule has 2 fully saturated rings. The van der Waals surface area contributed by atoms with Crippen molar-refractivity contribution in [2.75, 3.05) is 19.6 Å². The lowest BCUT2D eigenvalue weighted by Gasteiger charge is -2.38. The molecule has 100 valence electrons. The minimum atomic E-state index is 0.0419. The average molecular weight is 259 g/mol. The molecule has 1 N–H and O–H groups in total. The monoisotopic (exact) mass is 259 g/mol. The Bertz CT molecular complexity index is 493. The molecule has 3 rings (SSSR count). The SMILES string of the molecule is O=C1CC2(CCN(C(=O)c3cccnc3)CC2)CN1. The first-order valence-corrected chi connectivity index (χ1v) is 6.65. The molecule has 0 unspecified atom stereocenters. The zero-order chi connectivity index (χ0) is 13.3. The highest BCUT2D eigenvalue weighted by Gasteiger charge is 2.41. The van der Waals surface area contributed by atoms with E-state index in [9.17, 15) is 9.59 Å². The van der Waals surface area contributed by atoms with Gasteiger partial charge in [0.15, 0.2) is 0 Å². The van der Waals surface area contributed by atoms with Crippen molar-refractivity contribution in [1.29, 1.82) is 0 Å². The second-order valence-corrected chi connectivity index (χ2v) is 5.49. The number of nitrogens with zero attached hydrogens (tertiary/aromatic N) is 2. The summed E-state index contributed by atoms with van der Waals surface area (Å²) >= 11 is 0. The van der Waals surface area contributed by atoms with Crippen LogP contribution in [-0.4, -0.2) is 41.3 Å². The highest BCUT2D eigenvalue weighted by molar-refractivity contribution is 5.94. The van der Waals surface area contributed by atoms with E-state index in [0.717, 1.165) is 32.5 Å². The van der Waals surface area contributed by atoms with Gasteiger partial charge in [0.2, 0.25) is 5.91 Å². The molecular weight excluding hydrogens is 242 g/mol. The van der Waals surface area contributed by atoms with Gasteiger partial charge in [-0.25, -0.2) is 0 Å². The van der Waals surface area contributed by atoms with Crippen LogP contribution in [0.3, 0.4) is 0 Å². The number of nitrogens with one attached hydrogen (secondary N) is 1. The number of hydrogen-bond acceptors (Lipinski definition) is 3. The minimum absolute atomic E-state index is 0.0419. The highest BCUT2D eigenvalue weighted by atomic mass is 16.2. The van der Waals surface area contributed by atoms with Crippen LogP contribution >= 0.6 is 0 Å². The van der Waals surface area contributed by atoms with Crippen LogP contribution in [0.4, 0.5) is 0 Å². The number of amides is 2. The number of likely N-dealkylation sites (tertiary alicyclic amines) is 1. The van der Waals surface area contributed by atoms with Gasteiger partial charge in [-0.15, -0.1) is 0 Å². The summed E-state index contributed by atoms with van der Waals surface area (Å²) in [4.78, 5) is 29.5. The third-order valence-corrected chi connectivity index (χ3v) is 4.22. The maximum atomic E-state index is 12.3. The Kier molecular flexibility index (Phi) is 2.97. The Morgan fingerprint density at radius 2 is 2.16 bits per heavy atom. The number of aromatic nitrogens is 1. The Balaban J connectivity index is 1.64. The molecule has 2 aliphatic heterocycles. The first-order chi connectivity index (χ1) is 9.19. The molecular formula is C14H17N3O2. The number of pyridine rings is 1. The summed E-state index contributed by atoms with van der Waals surface area (Å²) in [6.07, 6.45) is 5.68. The van der Waals surface area contributed by atoms with Crippen molar-refractivity contribution in [3.05, 3.63) is 30.1 Å². The zero-order valence-corrected chi connectivity index (χ0v) is 10.8. The van der Waals surface area contributed by atoms with E-state index in [1.165, 1.54) is 0 Å². The van der Waals surface area contributed by atoms with E-state index in [1.54, 1.807) is 24.5 Å². The van der Waals surface area contributed by atoms with E-state index in [1.807, 2.05) is 4.90 Å². The van der Waals surface area contributed by atoms with Crippen LogP contribution in [-0.2, 0) is 4.79 Å². The lowest BCUT2D eigenvalue weighted by Crippen LogP contribution is -2.44. The van der Waals surface area contributed by atoms with E-state index in [-0.39, 0.29) is 17.2 Å². The molecule has 3 heterocycles. The summed E-state index contributed by atoms with van der Waals surface area (Å²) < 4.78 is 0. The Morgan fingerprint density at radius 3 is 2.74 bits per heavy atom. The largest absolute Gasteiger partial charge is 0.356 e. The van der Waals surface area contributed by atoms with Gasteiger partial charge in [-0.2, -0.15) is 0 Å². The highest BCUT2D eigenvalue weighted by Crippen LogP contribution is 2.37. The van der Waals surface area contributed by atoms with Crippen LogP contribution in [0.25, 0.3) is 0 Å². The summed E-state index contributed by atoms with van der Waals surface area (Å²) in [6, 6.07) is 3.57. The molecule has 2 amide bonds. The predicted octanol–water partition coefficient (Wildman–Crippen LogP) is 0.824. The normalized spacial score (nSPS) is 21.5. The topological polar surface area (TPSA) is 62.3 Å². The number of piperidine rings is 1. The molecule has 2 aliphatic rings. The maximum Gasteiger partial charge on any atom is 0.255 e. The van der Waals surface area contributed by atoms with E-state index >= 15 is 0 Å². The van der Waals surface area contributed by atoms with Crippen molar-refractivity contribution in [2.24, 2.45) is 5.41 Å². The first kappa shape index (κ1) is 12.1. The number of rotatable bonds is 1. The van der Waals surface area contributed by atoms with E-state index in [2.05, 4.69) is 10.3 Å². The predicted molar refractivity (Wildman–Crippen MR) is 69.4 cm³/mol. The molecule has 5 nitrogen and oxygen atoms in total. The van der Waals surface area contributed by atoms with Crippen molar-refractivity contribution >= 4 is 11.8 Å². The van der Waals surface area contributed by atoms with Crippen molar-refractivity contribution in [1.82, 2.24) is 15.2 Å². The van der Waals surface area contributed by atoms with Crippen LogP contribution in [0.2, 0.25) is 0 Å². The first-order valence-electron chi connectivity index (χ1n) is 6.65. The lowest BCUT2D eigenvalue weighted by molar-refractivity contribution is -0.119. The molecule has 2 saturated heterocycles. The Hall–Kier alpha value is -1.91. The van der Waals surface area contributed by atoms with Crippen LogP contribution in [0.1, 0.15) is 29.6 Å². The van der Waals surface area contributed by atoms with Crippen LogP contribution in [0, 0.1) is 5.41 Å². The van der Waals surface area contributed by atoms with E-state index < -0.39 is 0 Å². The third-order valence-electron chi connectivity index (χ3n) is 4.22. The second-order valence-electron chi connectivity index (χ2n) is 5.49. The molecule has 5 heteroatoms. The quantitative estimate of drug-likeness (QED) is 0.812. The van der Waals surface area contributed by atoms with Crippen molar-refractivity contribution in [3.63, 3.8) is 0 Å². The molecule has 0 aromatic carbocycles. The van der Waals surface area contributed by atoms with Gasteiger partial charge in [0.1, 0.15) is 0 Å². The molecule has 0 saturated carbocycles. The average Bonchev–Trinajstić information content (AvgIpc) is 2.81. The van der Waals surface area contributed by atoms with E-state index in [4.69, 9.17) is 0 Å². The summed E-state index contributed by atoms with van der Waals surface area (Å²) in [7, 11) is 0. The molecule has 0 radical (unpaired) electrons. The standard InChI is InChI=1S/C14H17N3O2/c18-12-8-14(10-16-12)3-6-17(7-4-14)13(19)11-2-1-5-15-9-11/h1-2,5,9H,3-4,6-8,10H2,(H,16,18). The maximum absolute atomic E-state index is 12.3. The van der Waals surface area contributed by atoms with E-state index in [0.29, 0.717) is 12.0 Å². The summed E-state index contributed by atoms with van der Waals surface area (Å²) in [5.41, 5.74) is 0.724. The summed E-state index contributed by atoms with van der Waals surface area (Å²) in [5.74, 6) is 0.187. The minimum Gasteiger partial charge on any atom is -0.356 e. The van der Waals surface area contributed by atoms with Crippen molar-refractivity contribution < 1.29 is 9.59 Å². The van der Waals surface area contributed by atoms with Gasteiger partial charge in [0.05, 0.1) is 5.56 Å². The van der Waals surface area contributed by atoms with Gasteiger partial charge in [0, 0.05) is 38.4 Å². The fraction of sp³-hybridized carbons (Fsp3) is 0.500. The Labute approximate surface area is 112 Å². The van der Waals surface area contributed by atoms with Gasteiger partial charge < -0.3 is 10.2 Å². The van der Waals surface area contributed by atoms with Gasteiger partial charge in [-0.1, -0.05) is 0 Å². The van der Waals surface area contributed by atoms with Crippen LogP contribution in [0.15, 0.2) is 24.5 Å². The molecule has 19 heavy (non-hydrogen) atoms. The van der Waals surface area contributed by atoms with Crippen molar-refractivity contribution in [2.45, 2.75) is 19.3 Å². The summed E-state index contributed by atoms with van der Waals surface area (Å²) in [6.45, 7) is 2.21. The van der Waals surface area contributed by atoms with Crippen LogP contribution < -0.4 is 5.32 Å². The molecule has 0 aliphatic carbocycles. The molecule has 1 spiro atoms. The Morgan fingerprint density at radius 1 is 1.37 bits per heavy atom.